The van der Waals surface area contributed by atoms with Crippen LogP contribution in [0.15, 0.2) is 54.4 Å². The highest BCUT2D eigenvalue weighted by Crippen LogP contribution is 2.45. The van der Waals surface area contributed by atoms with Crippen molar-refractivity contribution in [2.45, 2.75) is 19.5 Å². The molecule has 32 heavy (non-hydrogen) atoms. The molecule has 4 aromatic rings. The summed E-state index contributed by atoms with van der Waals surface area (Å²) in [5.74, 6) is -0.127. The van der Waals surface area contributed by atoms with Crippen molar-refractivity contribution in [1.29, 1.82) is 0 Å². The smallest absolute Gasteiger partial charge is 0.235 e. The van der Waals surface area contributed by atoms with Crippen molar-refractivity contribution < 1.29 is 24.5 Å². The molecule has 0 bridgehead atoms. The predicted molar refractivity (Wildman–Crippen MR) is 121 cm³/mol. The molecule has 0 saturated carbocycles. The molecule has 0 saturated heterocycles. The van der Waals surface area contributed by atoms with Gasteiger partial charge in [-0.1, -0.05) is 6.07 Å². The second-order valence-electron chi connectivity index (χ2n) is 7.07. The number of hydrogen-bond acceptors (Lipinski definition) is 7. The molecule has 8 nitrogen and oxygen atoms in total. The molecule has 1 aromatic carbocycles. The molecule has 0 spiro atoms. The maximum absolute atomic E-state index is 13.3. The van der Waals surface area contributed by atoms with Crippen molar-refractivity contribution in [2.75, 3.05) is 14.2 Å². The van der Waals surface area contributed by atoms with E-state index in [1.807, 2.05) is 10.8 Å². The van der Waals surface area contributed by atoms with Gasteiger partial charge < -0.3 is 28.8 Å². The van der Waals surface area contributed by atoms with Crippen LogP contribution < -0.4 is 9.47 Å². The molecule has 0 aliphatic heterocycles. The Morgan fingerprint density at radius 2 is 2.00 bits per heavy atom. The maximum atomic E-state index is 13.3. The lowest BCUT2D eigenvalue weighted by Gasteiger charge is -2.15. The van der Waals surface area contributed by atoms with Gasteiger partial charge in [-0.15, -0.1) is 11.3 Å². The molecule has 0 fully saturated rings. The van der Waals surface area contributed by atoms with E-state index < -0.39 is 5.75 Å². The van der Waals surface area contributed by atoms with E-state index in [4.69, 9.17) is 9.47 Å². The van der Waals surface area contributed by atoms with Gasteiger partial charge in [0.05, 0.1) is 36.7 Å². The van der Waals surface area contributed by atoms with Crippen LogP contribution in [-0.4, -0.2) is 44.3 Å². The monoisotopic (exact) mass is 453 g/mol. The summed E-state index contributed by atoms with van der Waals surface area (Å²) in [6.07, 6.45) is 5.90. The van der Waals surface area contributed by atoms with E-state index in [9.17, 15) is 15.0 Å². The minimum atomic E-state index is -0.445. The number of carbonyl (C=O) groups is 1. The average Bonchev–Trinajstić information content (AvgIpc) is 3.57. The summed E-state index contributed by atoms with van der Waals surface area (Å²) >= 11 is 1.27. The lowest BCUT2D eigenvalue weighted by molar-refractivity contribution is 0.104. The van der Waals surface area contributed by atoms with Crippen LogP contribution >= 0.6 is 11.3 Å². The Morgan fingerprint density at radius 1 is 1.16 bits per heavy atom. The number of methoxy groups -OCH3 is 2. The normalized spacial score (nSPS) is 10.9. The molecule has 0 amide bonds. The van der Waals surface area contributed by atoms with Gasteiger partial charge in [0.1, 0.15) is 11.5 Å². The van der Waals surface area contributed by atoms with E-state index in [0.29, 0.717) is 47.1 Å². The number of hydrogen-bond donors (Lipinski definition) is 2. The van der Waals surface area contributed by atoms with Gasteiger partial charge in [-0.05, 0) is 30.0 Å². The SMILES string of the molecule is COc1ccc(-c2c(C(=O)c3cccs3)c(O)c(O)n2CCCn2ccnc2)c(OC)c1. The van der Waals surface area contributed by atoms with Crippen LogP contribution in [0.2, 0.25) is 0 Å². The Labute approximate surface area is 188 Å². The number of ketones is 1. The maximum Gasteiger partial charge on any atom is 0.235 e. The summed E-state index contributed by atoms with van der Waals surface area (Å²) in [5.41, 5.74) is 0.992. The summed E-state index contributed by atoms with van der Waals surface area (Å²) in [4.78, 5) is 17.8. The standard InChI is InChI=1S/C23H23N3O5S/c1-30-15-6-7-16(17(13-15)31-2)20-19(21(27)18-5-3-12-32-18)22(28)23(29)26(20)10-4-9-25-11-8-24-14-25/h3,5-8,11-14,28-29H,4,9-10H2,1-2H3. The van der Waals surface area contributed by atoms with Crippen LogP contribution in [0.4, 0.5) is 0 Å². The number of thiophene rings is 1. The third-order valence-electron chi connectivity index (χ3n) is 5.20. The van der Waals surface area contributed by atoms with Crippen LogP contribution in [0.1, 0.15) is 21.7 Å². The summed E-state index contributed by atoms with van der Waals surface area (Å²) in [6.45, 7) is 1.02. The number of benzene rings is 1. The molecule has 9 heteroatoms. The van der Waals surface area contributed by atoms with Gasteiger partial charge in [-0.25, -0.2) is 4.98 Å². The zero-order valence-electron chi connectivity index (χ0n) is 17.7. The second kappa shape index (κ2) is 9.19. The number of imidazole rings is 1. The Bertz CT molecular complexity index is 1210. The molecule has 2 N–H and O–H groups in total. The van der Waals surface area contributed by atoms with Crippen molar-refractivity contribution in [1.82, 2.24) is 14.1 Å². The van der Waals surface area contributed by atoms with Crippen molar-refractivity contribution in [3.63, 3.8) is 0 Å². The van der Waals surface area contributed by atoms with E-state index in [0.717, 1.165) is 0 Å². The van der Waals surface area contributed by atoms with Crippen LogP contribution in [0.5, 0.6) is 23.1 Å². The van der Waals surface area contributed by atoms with Crippen molar-refractivity contribution in [3.8, 4) is 34.4 Å². The van der Waals surface area contributed by atoms with Gasteiger partial charge in [0, 0.05) is 37.1 Å². The Kier molecular flexibility index (Phi) is 6.18. The van der Waals surface area contributed by atoms with E-state index >= 15 is 0 Å². The van der Waals surface area contributed by atoms with Crippen LogP contribution in [0, 0.1) is 0 Å². The molecule has 4 rings (SSSR count). The number of carbonyl (C=O) groups excluding carboxylic acids is 1. The molecular formula is C23H23N3O5S. The average molecular weight is 454 g/mol. The molecule has 3 heterocycles. The molecule has 0 radical (unpaired) electrons. The largest absolute Gasteiger partial charge is 0.503 e. The van der Waals surface area contributed by atoms with E-state index in [1.165, 1.54) is 18.4 Å². The first-order valence-electron chi connectivity index (χ1n) is 9.96. The van der Waals surface area contributed by atoms with Gasteiger partial charge in [-0.3, -0.25) is 4.79 Å². The fourth-order valence-corrected chi connectivity index (χ4v) is 4.33. The highest BCUT2D eigenvalue weighted by Gasteiger charge is 2.30. The van der Waals surface area contributed by atoms with Crippen molar-refractivity contribution in [3.05, 3.63) is 64.9 Å². The summed E-state index contributed by atoms with van der Waals surface area (Å²) < 4.78 is 14.3. The highest BCUT2D eigenvalue weighted by atomic mass is 32.1. The zero-order chi connectivity index (χ0) is 22.7. The lowest BCUT2D eigenvalue weighted by atomic mass is 10.0. The molecular weight excluding hydrogens is 430 g/mol. The quantitative estimate of drug-likeness (QED) is 0.369. The Morgan fingerprint density at radius 3 is 2.66 bits per heavy atom. The molecule has 3 aromatic heterocycles. The lowest BCUT2D eigenvalue weighted by Crippen LogP contribution is -2.07. The number of ether oxygens (including phenoxy) is 2. The third kappa shape index (κ3) is 3.94. The molecule has 0 atom stereocenters. The van der Waals surface area contributed by atoms with Gasteiger partial charge in [0.15, 0.2) is 5.75 Å². The topological polar surface area (TPSA) is 98.7 Å². The Hall–Kier alpha value is -3.72. The zero-order valence-corrected chi connectivity index (χ0v) is 18.5. The van der Waals surface area contributed by atoms with Crippen molar-refractivity contribution in [2.24, 2.45) is 0 Å². The van der Waals surface area contributed by atoms with Gasteiger partial charge >= 0.3 is 0 Å². The molecule has 0 aliphatic rings. The fraction of sp³-hybridized carbons (Fsp3) is 0.217. The molecule has 0 unspecified atom stereocenters. The minimum Gasteiger partial charge on any atom is -0.503 e. The van der Waals surface area contributed by atoms with Gasteiger partial charge in [-0.2, -0.15) is 0 Å². The minimum absolute atomic E-state index is 0.0380. The molecule has 0 aliphatic carbocycles. The van der Waals surface area contributed by atoms with E-state index in [1.54, 1.807) is 59.9 Å². The van der Waals surface area contributed by atoms with Gasteiger partial charge in [0.2, 0.25) is 11.7 Å². The number of aryl methyl sites for hydroxylation is 1. The molecule has 166 valence electrons. The Balaban J connectivity index is 1.84. The van der Waals surface area contributed by atoms with Gasteiger partial charge in [0.25, 0.3) is 0 Å². The fourth-order valence-electron chi connectivity index (χ4n) is 3.66. The highest BCUT2D eigenvalue weighted by molar-refractivity contribution is 7.12. The summed E-state index contributed by atoms with van der Waals surface area (Å²) in [5, 5.41) is 23.4. The first kappa shape index (κ1) is 21.5. The third-order valence-corrected chi connectivity index (χ3v) is 6.07. The van der Waals surface area contributed by atoms with E-state index in [-0.39, 0.29) is 17.2 Å². The van der Waals surface area contributed by atoms with Crippen molar-refractivity contribution >= 4 is 17.1 Å². The predicted octanol–water partition coefficient (Wildman–Crippen LogP) is 4.16. The van der Waals surface area contributed by atoms with Crippen LogP contribution in [0.3, 0.4) is 0 Å². The van der Waals surface area contributed by atoms with Crippen LogP contribution in [0.25, 0.3) is 11.3 Å². The number of rotatable bonds is 9. The summed E-state index contributed by atoms with van der Waals surface area (Å²) in [6, 6.07) is 8.66. The second-order valence-corrected chi connectivity index (χ2v) is 8.02. The number of aromatic hydroxyl groups is 2. The van der Waals surface area contributed by atoms with E-state index in [2.05, 4.69) is 4.98 Å². The number of nitrogens with zero attached hydrogens (tertiary/aromatic N) is 3. The first-order valence-corrected chi connectivity index (χ1v) is 10.8. The van der Waals surface area contributed by atoms with Crippen LogP contribution in [-0.2, 0) is 13.1 Å². The summed E-state index contributed by atoms with van der Waals surface area (Å²) in [7, 11) is 3.07. The number of aromatic nitrogens is 3. The first-order chi connectivity index (χ1) is 15.5.